The van der Waals surface area contributed by atoms with E-state index in [4.69, 9.17) is 14.2 Å². The highest BCUT2D eigenvalue weighted by molar-refractivity contribution is 5.90. The third-order valence-electron chi connectivity index (χ3n) is 4.64. The molecule has 0 saturated heterocycles. The molecule has 0 radical (unpaired) electrons. The van der Waals surface area contributed by atoms with Crippen LogP contribution in [0.5, 0.6) is 17.2 Å². The van der Waals surface area contributed by atoms with Crippen LogP contribution in [0, 0.1) is 28.4 Å². The van der Waals surface area contributed by atoms with Gasteiger partial charge in [-0.2, -0.15) is 5.26 Å². The van der Waals surface area contributed by atoms with Crippen LogP contribution in [0.4, 0.5) is 5.69 Å². The highest BCUT2D eigenvalue weighted by Gasteiger charge is 2.09. The summed E-state index contributed by atoms with van der Waals surface area (Å²) in [5, 5.41) is 20.3. The van der Waals surface area contributed by atoms with Crippen molar-refractivity contribution in [2.45, 2.75) is 6.92 Å². The Kier molecular flexibility index (Phi) is 7.44. The number of hydrogen-bond donors (Lipinski definition) is 0. The lowest BCUT2D eigenvalue weighted by Gasteiger charge is -2.12. The van der Waals surface area contributed by atoms with Crippen LogP contribution < -0.4 is 14.2 Å². The van der Waals surface area contributed by atoms with Gasteiger partial charge in [-0.3, -0.25) is 10.1 Å². The maximum absolute atomic E-state index is 10.8. The summed E-state index contributed by atoms with van der Waals surface area (Å²) in [6, 6.07) is 21.1. The fourth-order valence-electron chi connectivity index (χ4n) is 2.95. The minimum absolute atomic E-state index is 0.0273. The highest BCUT2D eigenvalue weighted by Crippen LogP contribution is 2.30. The molecule has 3 rings (SSSR count). The Morgan fingerprint density at radius 2 is 1.69 bits per heavy atom. The topological polar surface area (TPSA) is 94.6 Å². The molecule has 0 amide bonds. The van der Waals surface area contributed by atoms with Gasteiger partial charge in [0.1, 0.15) is 19.0 Å². The minimum atomic E-state index is -0.477. The van der Waals surface area contributed by atoms with Crippen molar-refractivity contribution in [2.75, 3.05) is 20.3 Å². The van der Waals surface area contributed by atoms with E-state index in [0.29, 0.717) is 35.8 Å². The second-order valence-corrected chi connectivity index (χ2v) is 6.89. The first-order chi connectivity index (χ1) is 15.5. The van der Waals surface area contributed by atoms with Gasteiger partial charge in [-0.05, 0) is 60.5 Å². The summed E-state index contributed by atoms with van der Waals surface area (Å²) in [6.45, 7) is 2.74. The Balaban J connectivity index is 1.67. The first kappa shape index (κ1) is 22.4. The predicted molar refractivity (Wildman–Crippen MR) is 122 cm³/mol. The average Bonchev–Trinajstić information content (AvgIpc) is 2.82. The first-order valence-corrected chi connectivity index (χ1v) is 9.87. The van der Waals surface area contributed by atoms with E-state index in [1.807, 2.05) is 31.2 Å². The van der Waals surface area contributed by atoms with Gasteiger partial charge in [-0.15, -0.1) is 0 Å². The molecule has 7 nitrogen and oxygen atoms in total. The van der Waals surface area contributed by atoms with Gasteiger partial charge < -0.3 is 14.2 Å². The molecule has 0 aliphatic carbocycles. The number of allylic oxidation sites excluding steroid dienone is 1. The lowest BCUT2D eigenvalue weighted by atomic mass is 10.0. The van der Waals surface area contributed by atoms with E-state index in [0.717, 1.165) is 11.3 Å². The third-order valence-corrected chi connectivity index (χ3v) is 4.64. The summed E-state index contributed by atoms with van der Waals surface area (Å²) in [5.41, 5.74) is 2.84. The number of nitro groups is 1. The number of aryl methyl sites for hydroxylation is 1. The van der Waals surface area contributed by atoms with E-state index < -0.39 is 4.92 Å². The molecular formula is C25H22N2O5. The van der Waals surface area contributed by atoms with E-state index in [2.05, 4.69) is 6.07 Å². The summed E-state index contributed by atoms with van der Waals surface area (Å²) >= 11 is 0. The average molecular weight is 430 g/mol. The smallest absolute Gasteiger partial charge is 0.269 e. The van der Waals surface area contributed by atoms with Crippen LogP contribution in [-0.4, -0.2) is 25.2 Å². The molecule has 0 N–H and O–H groups in total. The second kappa shape index (κ2) is 10.6. The van der Waals surface area contributed by atoms with E-state index in [-0.39, 0.29) is 5.69 Å². The SMILES string of the molecule is COc1cc(/C=C(\C#N)c2ccc([N+](=O)[O-])cc2)ccc1OCCOc1ccc(C)cc1. The fourth-order valence-corrected chi connectivity index (χ4v) is 2.95. The number of hydrogen-bond acceptors (Lipinski definition) is 6. The molecule has 0 heterocycles. The molecule has 0 saturated carbocycles. The summed E-state index contributed by atoms with van der Waals surface area (Å²) < 4.78 is 16.9. The number of benzene rings is 3. The first-order valence-electron chi connectivity index (χ1n) is 9.87. The van der Waals surface area contributed by atoms with E-state index >= 15 is 0 Å². The Bertz CT molecular complexity index is 1150. The van der Waals surface area contributed by atoms with E-state index in [1.165, 1.54) is 17.7 Å². The molecule has 0 fully saturated rings. The number of nitrogens with zero attached hydrogens (tertiary/aromatic N) is 2. The maximum Gasteiger partial charge on any atom is 0.269 e. The van der Waals surface area contributed by atoms with Crippen molar-refractivity contribution in [3.05, 3.63) is 93.5 Å². The second-order valence-electron chi connectivity index (χ2n) is 6.89. The van der Waals surface area contributed by atoms with Gasteiger partial charge in [0.15, 0.2) is 11.5 Å². The molecule has 3 aromatic rings. The Morgan fingerprint density at radius 3 is 2.31 bits per heavy atom. The zero-order valence-corrected chi connectivity index (χ0v) is 17.8. The largest absolute Gasteiger partial charge is 0.493 e. The van der Waals surface area contributed by atoms with Gasteiger partial charge in [0.05, 0.1) is 23.7 Å². The Labute approximate surface area is 186 Å². The van der Waals surface area contributed by atoms with Gasteiger partial charge >= 0.3 is 0 Å². The minimum Gasteiger partial charge on any atom is -0.493 e. The van der Waals surface area contributed by atoms with E-state index in [1.54, 1.807) is 43.5 Å². The van der Waals surface area contributed by atoms with Crippen LogP contribution >= 0.6 is 0 Å². The molecule has 0 atom stereocenters. The number of non-ortho nitro benzene ring substituents is 1. The summed E-state index contributed by atoms with van der Waals surface area (Å²) in [4.78, 5) is 10.3. The zero-order chi connectivity index (χ0) is 22.9. The zero-order valence-electron chi connectivity index (χ0n) is 17.8. The van der Waals surface area contributed by atoms with Gasteiger partial charge in [0, 0.05) is 12.1 Å². The molecule has 0 bridgehead atoms. The molecular weight excluding hydrogens is 408 g/mol. The maximum atomic E-state index is 10.8. The van der Waals surface area contributed by atoms with Crippen molar-refractivity contribution in [1.82, 2.24) is 0 Å². The van der Waals surface area contributed by atoms with Gasteiger partial charge in [-0.1, -0.05) is 23.8 Å². The van der Waals surface area contributed by atoms with Crippen LogP contribution in [0.1, 0.15) is 16.7 Å². The lowest BCUT2D eigenvalue weighted by Crippen LogP contribution is -2.09. The third kappa shape index (κ3) is 5.86. The number of rotatable bonds is 9. The summed E-state index contributed by atoms with van der Waals surface area (Å²) in [7, 11) is 1.54. The van der Waals surface area contributed by atoms with Crippen LogP contribution in [0.2, 0.25) is 0 Å². The highest BCUT2D eigenvalue weighted by atomic mass is 16.6. The van der Waals surface area contributed by atoms with Crippen LogP contribution in [-0.2, 0) is 0 Å². The molecule has 0 aliphatic heterocycles. The molecule has 0 aromatic heterocycles. The van der Waals surface area contributed by atoms with E-state index in [9.17, 15) is 15.4 Å². The van der Waals surface area contributed by atoms with Gasteiger partial charge in [0.2, 0.25) is 0 Å². The van der Waals surface area contributed by atoms with Crippen molar-refractivity contribution in [2.24, 2.45) is 0 Å². The molecule has 0 unspecified atom stereocenters. The molecule has 0 spiro atoms. The van der Waals surface area contributed by atoms with Crippen molar-refractivity contribution in [3.63, 3.8) is 0 Å². The Hall–Kier alpha value is -4.31. The van der Waals surface area contributed by atoms with Crippen molar-refractivity contribution >= 4 is 17.3 Å². The number of nitro benzene ring substituents is 1. The predicted octanol–water partition coefficient (Wildman–Crippen LogP) is 5.43. The molecule has 32 heavy (non-hydrogen) atoms. The van der Waals surface area contributed by atoms with Crippen molar-refractivity contribution < 1.29 is 19.1 Å². The molecule has 0 aliphatic rings. The fraction of sp³-hybridized carbons (Fsp3) is 0.160. The van der Waals surface area contributed by atoms with Crippen molar-refractivity contribution in [1.29, 1.82) is 5.26 Å². The van der Waals surface area contributed by atoms with Gasteiger partial charge in [0.25, 0.3) is 5.69 Å². The monoisotopic (exact) mass is 430 g/mol. The summed E-state index contributed by atoms with van der Waals surface area (Å²) in [6.07, 6.45) is 1.69. The lowest BCUT2D eigenvalue weighted by molar-refractivity contribution is -0.384. The molecule has 7 heteroatoms. The van der Waals surface area contributed by atoms with Crippen molar-refractivity contribution in [3.8, 4) is 23.3 Å². The number of ether oxygens (including phenoxy) is 3. The molecule has 162 valence electrons. The number of methoxy groups -OCH3 is 1. The van der Waals surface area contributed by atoms with Gasteiger partial charge in [-0.25, -0.2) is 0 Å². The van der Waals surface area contributed by atoms with Crippen LogP contribution in [0.15, 0.2) is 66.7 Å². The standard InChI is InChI=1S/C25H22N2O5/c1-18-3-10-23(11-4-18)31-13-14-32-24-12-5-19(16-25(24)30-2)15-21(17-26)20-6-8-22(9-7-20)27(28)29/h3-12,15-16H,13-14H2,1-2H3/b21-15+. The quantitative estimate of drug-likeness (QED) is 0.148. The van der Waals surface area contributed by atoms with Crippen LogP contribution in [0.3, 0.4) is 0 Å². The normalized spacial score (nSPS) is 10.8. The summed E-state index contributed by atoms with van der Waals surface area (Å²) in [5.74, 6) is 1.86. The molecule has 3 aromatic carbocycles. The number of nitriles is 1. The van der Waals surface area contributed by atoms with Crippen LogP contribution in [0.25, 0.3) is 11.6 Å². The Morgan fingerprint density at radius 1 is 1.00 bits per heavy atom.